The minimum Gasteiger partial charge on any atom is -0.374 e. The SMILES string of the molecule is CN(C)C(=O)Oc1nnc(SCCS(=O)(=O)c2ccc(F)cc2)n1C1CC1. The van der Waals surface area contributed by atoms with Crippen LogP contribution in [0, 0.1) is 5.82 Å². The third-order valence-electron chi connectivity index (χ3n) is 3.85. The molecule has 0 bridgehead atoms. The summed E-state index contributed by atoms with van der Waals surface area (Å²) in [4.78, 5) is 13.1. The van der Waals surface area contributed by atoms with Crippen molar-refractivity contribution in [1.29, 1.82) is 0 Å². The molecular weight excluding hydrogens is 395 g/mol. The molecule has 2 aromatic rings. The maximum Gasteiger partial charge on any atom is 0.417 e. The van der Waals surface area contributed by atoms with Gasteiger partial charge in [-0.2, -0.15) is 0 Å². The molecule has 1 aromatic carbocycles. The topological polar surface area (TPSA) is 94.4 Å². The molecule has 0 radical (unpaired) electrons. The molecular formula is C16H19FN4O4S2. The first-order chi connectivity index (χ1) is 12.8. The van der Waals surface area contributed by atoms with Gasteiger partial charge in [0.2, 0.25) is 0 Å². The zero-order valence-corrected chi connectivity index (χ0v) is 16.5. The molecule has 1 saturated carbocycles. The number of hydrogen-bond acceptors (Lipinski definition) is 7. The van der Waals surface area contributed by atoms with Crippen LogP contribution in [-0.4, -0.2) is 59.8 Å². The van der Waals surface area contributed by atoms with E-state index in [0.29, 0.717) is 5.16 Å². The third-order valence-corrected chi connectivity index (χ3v) is 6.78. The second-order valence-electron chi connectivity index (χ2n) is 6.25. The van der Waals surface area contributed by atoms with E-state index in [1.165, 1.54) is 28.8 Å². The van der Waals surface area contributed by atoms with Crippen LogP contribution >= 0.6 is 11.8 Å². The molecule has 1 aliphatic rings. The Morgan fingerprint density at radius 1 is 1.30 bits per heavy atom. The molecule has 8 nitrogen and oxygen atoms in total. The van der Waals surface area contributed by atoms with Gasteiger partial charge in [0, 0.05) is 25.9 Å². The quantitative estimate of drug-likeness (QED) is 0.507. The maximum atomic E-state index is 13.0. The first kappa shape index (κ1) is 19.6. The van der Waals surface area contributed by atoms with Crippen LogP contribution in [0.5, 0.6) is 6.01 Å². The summed E-state index contributed by atoms with van der Waals surface area (Å²) in [5, 5.41) is 8.45. The molecule has 146 valence electrons. The molecule has 0 unspecified atom stereocenters. The van der Waals surface area contributed by atoms with Crippen molar-refractivity contribution in [3.05, 3.63) is 30.1 Å². The van der Waals surface area contributed by atoms with Gasteiger partial charge in [-0.05, 0) is 37.1 Å². The Hall–Kier alpha value is -2.14. The highest BCUT2D eigenvalue weighted by Crippen LogP contribution is 2.40. The Labute approximate surface area is 160 Å². The molecule has 1 fully saturated rings. The minimum atomic E-state index is -3.53. The lowest BCUT2D eigenvalue weighted by atomic mass is 10.4. The number of carbonyl (C=O) groups excluding carboxylic acids is 1. The standard InChI is InChI=1S/C16H19FN4O4S2/c1-20(2)16(22)25-14-18-19-15(21(14)12-5-6-12)26-9-10-27(23,24)13-7-3-11(17)4-8-13/h3-4,7-8,12H,5-6,9-10H2,1-2H3. The summed E-state index contributed by atoms with van der Waals surface area (Å²) < 4.78 is 44.6. The Morgan fingerprint density at radius 2 is 1.96 bits per heavy atom. The van der Waals surface area contributed by atoms with Crippen molar-refractivity contribution < 1.29 is 22.3 Å². The fourth-order valence-electron chi connectivity index (χ4n) is 2.25. The highest BCUT2D eigenvalue weighted by atomic mass is 32.2. The Kier molecular flexibility index (Phi) is 5.70. The summed E-state index contributed by atoms with van der Waals surface area (Å²) in [6.45, 7) is 0. The highest BCUT2D eigenvalue weighted by molar-refractivity contribution is 8.00. The van der Waals surface area contributed by atoms with E-state index in [4.69, 9.17) is 4.74 Å². The Bertz CT molecular complexity index is 924. The van der Waals surface area contributed by atoms with Crippen LogP contribution in [0.4, 0.5) is 9.18 Å². The third kappa shape index (κ3) is 4.78. The van der Waals surface area contributed by atoms with Gasteiger partial charge in [0.05, 0.1) is 10.6 Å². The molecule has 0 N–H and O–H groups in total. The average Bonchev–Trinajstić information content (AvgIpc) is 3.37. The van der Waals surface area contributed by atoms with Crippen molar-refractivity contribution >= 4 is 27.7 Å². The Morgan fingerprint density at radius 3 is 2.56 bits per heavy atom. The van der Waals surface area contributed by atoms with Crippen molar-refractivity contribution in [3.8, 4) is 6.01 Å². The Balaban J connectivity index is 1.67. The molecule has 0 atom stereocenters. The molecule has 1 amide bonds. The van der Waals surface area contributed by atoms with E-state index in [-0.39, 0.29) is 28.5 Å². The van der Waals surface area contributed by atoms with Gasteiger partial charge >= 0.3 is 12.1 Å². The summed E-state index contributed by atoms with van der Waals surface area (Å²) in [7, 11) is -0.394. The van der Waals surface area contributed by atoms with Gasteiger partial charge < -0.3 is 9.64 Å². The molecule has 0 spiro atoms. The fourth-order valence-corrected chi connectivity index (χ4v) is 4.89. The number of ether oxygens (including phenoxy) is 1. The van der Waals surface area contributed by atoms with Crippen LogP contribution in [0.2, 0.25) is 0 Å². The second kappa shape index (κ2) is 7.85. The predicted octanol–water partition coefficient (Wildman–Crippen LogP) is 2.38. The van der Waals surface area contributed by atoms with E-state index in [2.05, 4.69) is 10.2 Å². The summed E-state index contributed by atoms with van der Waals surface area (Å²) in [5.41, 5.74) is 0. The summed E-state index contributed by atoms with van der Waals surface area (Å²) >= 11 is 1.23. The van der Waals surface area contributed by atoms with Crippen molar-refractivity contribution in [2.24, 2.45) is 0 Å². The van der Waals surface area contributed by atoms with Crippen molar-refractivity contribution in [1.82, 2.24) is 19.7 Å². The highest BCUT2D eigenvalue weighted by Gasteiger charge is 2.31. The van der Waals surface area contributed by atoms with Gasteiger partial charge in [0.1, 0.15) is 5.82 Å². The van der Waals surface area contributed by atoms with E-state index in [1.807, 2.05) is 0 Å². The summed E-state index contributed by atoms with van der Waals surface area (Å²) in [6.07, 6.45) is 1.29. The van der Waals surface area contributed by atoms with Crippen LogP contribution in [0.1, 0.15) is 18.9 Å². The first-order valence-corrected chi connectivity index (χ1v) is 10.9. The van der Waals surface area contributed by atoms with Gasteiger partial charge in [-0.3, -0.25) is 4.57 Å². The zero-order chi connectivity index (χ0) is 19.6. The number of nitrogens with zero attached hydrogens (tertiary/aromatic N) is 4. The van der Waals surface area contributed by atoms with Crippen molar-refractivity contribution in [2.45, 2.75) is 28.9 Å². The van der Waals surface area contributed by atoms with Gasteiger partial charge in [-0.15, -0.1) is 5.10 Å². The largest absolute Gasteiger partial charge is 0.417 e. The van der Waals surface area contributed by atoms with E-state index >= 15 is 0 Å². The number of rotatable bonds is 7. The molecule has 11 heteroatoms. The number of benzene rings is 1. The van der Waals surface area contributed by atoms with Gasteiger partial charge in [0.15, 0.2) is 15.0 Å². The number of thioether (sulfide) groups is 1. The van der Waals surface area contributed by atoms with Crippen LogP contribution in [0.3, 0.4) is 0 Å². The zero-order valence-electron chi connectivity index (χ0n) is 14.8. The van der Waals surface area contributed by atoms with E-state index in [0.717, 1.165) is 25.0 Å². The summed E-state index contributed by atoms with van der Waals surface area (Å²) in [6, 6.07) is 5.01. The lowest BCUT2D eigenvalue weighted by Crippen LogP contribution is -2.26. The number of amides is 1. The summed E-state index contributed by atoms with van der Waals surface area (Å²) in [5.74, 6) is -0.375. The average molecular weight is 414 g/mol. The molecule has 1 heterocycles. The molecule has 27 heavy (non-hydrogen) atoms. The molecule has 1 aromatic heterocycles. The minimum absolute atomic E-state index is 0.0776. The van der Waals surface area contributed by atoms with Crippen LogP contribution < -0.4 is 4.74 Å². The van der Waals surface area contributed by atoms with E-state index < -0.39 is 21.7 Å². The number of hydrogen-bond donors (Lipinski definition) is 0. The smallest absolute Gasteiger partial charge is 0.374 e. The number of aromatic nitrogens is 3. The van der Waals surface area contributed by atoms with Crippen LogP contribution in [0.15, 0.2) is 34.3 Å². The number of halogens is 1. The first-order valence-electron chi connectivity index (χ1n) is 8.23. The lowest BCUT2D eigenvalue weighted by Gasteiger charge is -2.11. The van der Waals surface area contributed by atoms with E-state index in [9.17, 15) is 17.6 Å². The van der Waals surface area contributed by atoms with Crippen molar-refractivity contribution in [3.63, 3.8) is 0 Å². The second-order valence-corrected chi connectivity index (χ2v) is 9.42. The van der Waals surface area contributed by atoms with Crippen molar-refractivity contribution in [2.75, 3.05) is 25.6 Å². The predicted molar refractivity (Wildman–Crippen MR) is 97.2 cm³/mol. The van der Waals surface area contributed by atoms with Crippen LogP contribution in [-0.2, 0) is 9.84 Å². The molecule has 0 saturated heterocycles. The fraction of sp³-hybridized carbons (Fsp3) is 0.438. The lowest BCUT2D eigenvalue weighted by molar-refractivity contribution is 0.165. The molecule has 0 aliphatic heterocycles. The number of carbonyl (C=O) groups is 1. The maximum absolute atomic E-state index is 13.0. The van der Waals surface area contributed by atoms with E-state index in [1.54, 1.807) is 18.7 Å². The van der Waals surface area contributed by atoms with Gasteiger partial charge in [-0.25, -0.2) is 17.6 Å². The molecule has 3 rings (SSSR count). The monoisotopic (exact) mass is 414 g/mol. The van der Waals surface area contributed by atoms with Crippen LogP contribution in [0.25, 0.3) is 0 Å². The van der Waals surface area contributed by atoms with Gasteiger partial charge in [0.25, 0.3) is 0 Å². The normalized spacial score (nSPS) is 14.2. The van der Waals surface area contributed by atoms with Gasteiger partial charge in [-0.1, -0.05) is 16.9 Å². The number of sulfone groups is 1. The molecule has 1 aliphatic carbocycles.